The number of benzene rings is 2. The third-order valence-electron chi connectivity index (χ3n) is 5.21. The summed E-state index contributed by atoms with van der Waals surface area (Å²) in [6, 6.07) is 15.3. The quantitative estimate of drug-likeness (QED) is 0.647. The highest BCUT2D eigenvalue weighted by Crippen LogP contribution is 2.17. The van der Waals surface area contributed by atoms with Crippen LogP contribution in [0.5, 0.6) is 0 Å². The third kappa shape index (κ3) is 6.95. The summed E-state index contributed by atoms with van der Waals surface area (Å²) in [5.41, 5.74) is 3.83. The summed E-state index contributed by atoms with van der Waals surface area (Å²) in [4.78, 5) is 16.4. The molecule has 1 heterocycles. The van der Waals surface area contributed by atoms with E-state index in [9.17, 15) is 13.2 Å². The van der Waals surface area contributed by atoms with E-state index in [4.69, 9.17) is 4.74 Å². The number of anilines is 1. The number of hydrogen-bond acceptors (Lipinski definition) is 5. The standard InChI is InChI=1S/C22H30N4O4S/c1-23-31(28,29)17-20-5-3-18(4-6-20)15-24-22(27)25(2)16-19-7-9-21(10-8-19)26-11-13-30-14-12-26/h3-10,23H,11-17H2,1-2H3,(H,24,27). The van der Waals surface area contributed by atoms with Gasteiger partial charge in [0.1, 0.15) is 0 Å². The van der Waals surface area contributed by atoms with Crippen LogP contribution in [0.4, 0.5) is 10.5 Å². The van der Waals surface area contributed by atoms with E-state index in [-0.39, 0.29) is 11.8 Å². The Labute approximate surface area is 184 Å². The highest BCUT2D eigenvalue weighted by molar-refractivity contribution is 7.88. The average Bonchev–Trinajstić information content (AvgIpc) is 2.79. The van der Waals surface area contributed by atoms with Gasteiger partial charge >= 0.3 is 6.03 Å². The zero-order valence-electron chi connectivity index (χ0n) is 18.0. The topological polar surface area (TPSA) is 91.0 Å². The number of hydrogen-bond donors (Lipinski definition) is 2. The van der Waals surface area contributed by atoms with Crippen LogP contribution in [0, 0.1) is 0 Å². The van der Waals surface area contributed by atoms with Gasteiger partial charge in [0.25, 0.3) is 0 Å². The fourth-order valence-corrected chi connectivity index (χ4v) is 4.11. The van der Waals surface area contributed by atoms with E-state index < -0.39 is 10.0 Å². The molecule has 0 radical (unpaired) electrons. The smallest absolute Gasteiger partial charge is 0.317 e. The highest BCUT2D eigenvalue weighted by atomic mass is 32.2. The number of rotatable bonds is 8. The lowest BCUT2D eigenvalue weighted by Crippen LogP contribution is -2.36. The van der Waals surface area contributed by atoms with Crippen LogP contribution in [0.25, 0.3) is 0 Å². The zero-order chi connectivity index (χ0) is 22.3. The van der Waals surface area contributed by atoms with Gasteiger partial charge < -0.3 is 19.9 Å². The van der Waals surface area contributed by atoms with Gasteiger partial charge in [0.15, 0.2) is 0 Å². The number of sulfonamides is 1. The number of urea groups is 1. The molecule has 0 bridgehead atoms. The second kappa shape index (κ2) is 10.6. The van der Waals surface area contributed by atoms with Crippen molar-refractivity contribution in [1.82, 2.24) is 14.9 Å². The Hall–Kier alpha value is -2.62. The molecule has 0 unspecified atom stereocenters. The fraction of sp³-hybridized carbons (Fsp3) is 0.409. The molecule has 1 aliphatic heterocycles. The van der Waals surface area contributed by atoms with Gasteiger partial charge in [0, 0.05) is 38.9 Å². The van der Waals surface area contributed by atoms with Gasteiger partial charge in [-0.25, -0.2) is 17.9 Å². The van der Waals surface area contributed by atoms with E-state index in [0.717, 1.165) is 37.4 Å². The summed E-state index contributed by atoms with van der Waals surface area (Å²) < 4.78 is 30.9. The van der Waals surface area contributed by atoms with E-state index in [0.29, 0.717) is 18.7 Å². The summed E-state index contributed by atoms with van der Waals surface area (Å²) in [5, 5.41) is 2.90. The minimum Gasteiger partial charge on any atom is -0.378 e. The van der Waals surface area contributed by atoms with Crippen LogP contribution in [-0.2, 0) is 33.6 Å². The predicted octanol–water partition coefficient (Wildman–Crippen LogP) is 1.91. The van der Waals surface area contributed by atoms with Crippen LogP contribution < -0.4 is 14.9 Å². The van der Waals surface area contributed by atoms with E-state index in [1.165, 1.54) is 12.7 Å². The molecule has 0 aromatic heterocycles. The van der Waals surface area contributed by atoms with E-state index >= 15 is 0 Å². The predicted molar refractivity (Wildman–Crippen MR) is 121 cm³/mol. The first-order chi connectivity index (χ1) is 14.9. The largest absolute Gasteiger partial charge is 0.378 e. The van der Waals surface area contributed by atoms with Gasteiger partial charge in [0.2, 0.25) is 10.0 Å². The minimum absolute atomic E-state index is 0.0663. The number of ether oxygens (including phenoxy) is 1. The first-order valence-electron chi connectivity index (χ1n) is 10.3. The van der Waals surface area contributed by atoms with Crippen LogP contribution in [0.3, 0.4) is 0 Å². The second-order valence-electron chi connectivity index (χ2n) is 7.56. The molecule has 31 heavy (non-hydrogen) atoms. The molecule has 1 saturated heterocycles. The number of nitrogens with one attached hydrogen (secondary N) is 2. The maximum absolute atomic E-state index is 12.4. The van der Waals surface area contributed by atoms with Crippen molar-refractivity contribution >= 4 is 21.7 Å². The second-order valence-corrected chi connectivity index (χ2v) is 9.49. The molecule has 168 valence electrons. The van der Waals surface area contributed by atoms with Crippen molar-refractivity contribution in [2.24, 2.45) is 0 Å². The Morgan fingerprint density at radius 2 is 1.58 bits per heavy atom. The molecule has 2 aromatic rings. The molecule has 2 N–H and O–H groups in total. The Kier molecular flexibility index (Phi) is 7.89. The Bertz CT molecular complexity index is 956. The molecule has 0 aliphatic carbocycles. The van der Waals surface area contributed by atoms with Gasteiger partial charge in [-0.15, -0.1) is 0 Å². The van der Waals surface area contributed by atoms with Crippen molar-refractivity contribution in [3.05, 3.63) is 65.2 Å². The van der Waals surface area contributed by atoms with Gasteiger partial charge in [-0.1, -0.05) is 36.4 Å². The Morgan fingerprint density at radius 3 is 2.19 bits per heavy atom. The first-order valence-corrected chi connectivity index (χ1v) is 11.9. The molecular weight excluding hydrogens is 416 g/mol. The Balaban J connectivity index is 1.47. The van der Waals surface area contributed by atoms with Crippen LogP contribution in [0.15, 0.2) is 48.5 Å². The third-order valence-corrected chi connectivity index (χ3v) is 6.55. The lowest BCUT2D eigenvalue weighted by Gasteiger charge is -2.29. The van der Waals surface area contributed by atoms with Crippen molar-refractivity contribution in [2.45, 2.75) is 18.8 Å². The number of carbonyl (C=O) groups is 1. The van der Waals surface area contributed by atoms with Gasteiger partial charge in [-0.2, -0.15) is 0 Å². The maximum atomic E-state index is 12.4. The molecule has 9 heteroatoms. The summed E-state index contributed by atoms with van der Waals surface area (Å²) >= 11 is 0. The molecule has 1 aliphatic rings. The summed E-state index contributed by atoms with van der Waals surface area (Å²) in [5.74, 6) is -0.0663. The zero-order valence-corrected chi connectivity index (χ0v) is 18.8. The monoisotopic (exact) mass is 446 g/mol. The van der Waals surface area contributed by atoms with Crippen molar-refractivity contribution < 1.29 is 17.9 Å². The molecule has 8 nitrogen and oxygen atoms in total. The van der Waals surface area contributed by atoms with Crippen LogP contribution in [0.1, 0.15) is 16.7 Å². The summed E-state index contributed by atoms with van der Waals surface area (Å²) in [7, 11) is -0.138. The number of amides is 2. The lowest BCUT2D eigenvalue weighted by molar-refractivity contribution is 0.122. The first kappa shape index (κ1) is 23.1. The lowest BCUT2D eigenvalue weighted by atomic mass is 10.1. The van der Waals surface area contributed by atoms with Gasteiger partial charge in [-0.05, 0) is 35.9 Å². The number of carbonyl (C=O) groups excluding carboxylic acids is 1. The van der Waals surface area contributed by atoms with Crippen molar-refractivity contribution in [3.63, 3.8) is 0 Å². The van der Waals surface area contributed by atoms with Crippen molar-refractivity contribution in [1.29, 1.82) is 0 Å². The minimum atomic E-state index is -3.30. The normalized spacial score (nSPS) is 14.3. The van der Waals surface area contributed by atoms with E-state index in [1.54, 1.807) is 24.1 Å². The molecule has 0 atom stereocenters. The molecule has 1 fully saturated rings. The van der Waals surface area contributed by atoms with E-state index in [1.807, 2.05) is 24.3 Å². The molecule has 2 amide bonds. The number of nitrogens with zero attached hydrogens (tertiary/aromatic N) is 2. The van der Waals surface area contributed by atoms with Crippen LogP contribution in [0.2, 0.25) is 0 Å². The summed E-state index contributed by atoms with van der Waals surface area (Å²) in [6.45, 7) is 4.18. The fourth-order valence-electron chi connectivity index (χ4n) is 3.34. The molecule has 3 rings (SSSR count). The highest BCUT2D eigenvalue weighted by Gasteiger charge is 2.13. The molecule has 0 spiro atoms. The maximum Gasteiger partial charge on any atom is 0.317 e. The average molecular weight is 447 g/mol. The SMILES string of the molecule is CNS(=O)(=O)Cc1ccc(CNC(=O)N(C)Cc2ccc(N3CCOCC3)cc2)cc1. The molecular formula is C22H30N4O4S. The van der Waals surface area contributed by atoms with Crippen LogP contribution >= 0.6 is 0 Å². The molecule has 2 aromatic carbocycles. The van der Waals surface area contributed by atoms with Gasteiger partial charge in [0.05, 0.1) is 19.0 Å². The van der Waals surface area contributed by atoms with Crippen molar-refractivity contribution in [3.8, 4) is 0 Å². The van der Waals surface area contributed by atoms with Crippen LogP contribution in [-0.4, -0.2) is 59.7 Å². The summed E-state index contributed by atoms with van der Waals surface area (Å²) in [6.07, 6.45) is 0. The van der Waals surface area contributed by atoms with E-state index in [2.05, 4.69) is 27.1 Å². The molecule has 0 saturated carbocycles. The van der Waals surface area contributed by atoms with Crippen molar-refractivity contribution in [2.75, 3.05) is 45.3 Å². The Morgan fingerprint density at radius 1 is 1.00 bits per heavy atom. The number of morpholine rings is 1. The van der Waals surface area contributed by atoms with Gasteiger partial charge in [-0.3, -0.25) is 0 Å².